The Labute approximate surface area is 168 Å². The van der Waals surface area contributed by atoms with Gasteiger partial charge < -0.3 is 14.5 Å². The molecule has 1 aromatic heterocycles. The molecule has 0 saturated carbocycles. The number of furan rings is 1. The highest BCUT2D eigenvalue weighted by Gasteiger charge is 2.19. The fourth-order valence-corrected chi connectivity index (χ4v) is 3.27. The average Bonchev–Trinajstić information content (AvgIpc) is 2.94. The Kier molecular flexibility index (Phi) is 5.73. The first-order chi connectivity index (χ1) is 13.7. The molecule has 0 spiro atoms. The summed E-state index contributed by atoms with van der Waals surface area (Å²) in [7, 11) is 0. The number of halogens is 2. The lowest BCUT2D eigenvalue weighted by molar-refractivity contribution is -0.111. The SMILES string of the molecule is CCOc1c(/C(C)=C/C(=O)Nc2ccc(F)cc2F)cc2c(C)c(C)oc2c1C. The molecule has 2 aromatic carbocycles. The van der Waals surface area contributed by atoms with Crippen molar-refractivity contribution in [1.29, 1.82) is 0 Å². The lowest BCUT2D eigenvalue weighted by Gasteiger charge is -2.14. The third kappa shape index (κ3) is 4.01. The Hall–Kier alpha value is -3.15. The van der Waals surface area contributed by atoms with Crippen molar-refractivity contribution in [3.8, 4) is 5.75 Å². The molecule has 152 valence electrons. The third-order valence-electron chi connectivity index (χ3n) is 4.90. The van der Waals surface area contributed by atoms with E-state index in [-0.39, 0.29) is 5.69 Å². The summed E-state index contributed by atoms with van der Waals surface area (Å²) >= 11 is 0. The Bertz CT molecular complexity index is 1130. The van der Waals surface area contributed by atoms with E-state index in [0.29, 0.717) is 17.9 Å². The number of carbonyl (C=O) groups excluding carboxylic acids is 1. The first kappa shape index (κ1) is 20.6. The smallest absolute Gasteiger partial charge is 0.248 e. The van der Waals surface area contributed by atoms with Crippen LogP contribution in [-0.2, 0) is 4.79 Å². The number of carbonyl (C=O) groups is 1. The summed E-state index contributed by atoms with van der Waals surface area (Å²) in [6.45, 7) is 9.93. The molecule has 6 heteroatoms. The van der Waals surface area contributed by atoms with Gasteiger partial charge in [0.15, 0.2) is 0 Å². The molecule has 3 rings (SSSR count). The monoisotopic (exact) mass is 399 g/mol. The number of allylic oxidation sites excluding steroid dienone is 1. The summed E-state index contributed by atoms with van der Waals surface area (Å²) in [5.74, 6) is -0.588. The number of hydrogen-bond acceptors (Lipinski definition) is 3. The molecule has 0 unspecified atom stereocenters. The Morgan fingerprint density at radius 2 is 1.90 bits per heavy atom. The first-order valence-corrected chi connectivity index (χ1v) is 9.33. The van der Waals surface area contributed by atoms with E-state index >= 15 is 0 Å². The summed E-state index contributed by atoms with van der Waals surface area (Å²) in [6.07, 6.45) is 1.37. The lowest BCUT2D eigenvalue weighted by Crippen LogP contribution is -2.10. The number of hydrogen-bond donors (Lipinski definition) is 1. The fourth-order valence-electron chi connectivity index (χ4n) is 3.27. The number of nitrogens with one attached hydrogen (secondary N) is 1. The molecule has 0 saturated heterocycles. The zero-order chi connectivity index (χ0) is 21.3. The molecule has 1 amide bonds. The van der Waals surface area contributed by atoms with Gasteiger partial charge in [0.05, 0.1) is 12.3 Å². The van der Waals surface area contributed by atoms with Gasteiger partial charge in [0, 0.05) is 28.7 Å². The summed E-state index contributed by atoms with van der Waals surface area (Å²) in [5.41, 5.74) is 3.97. The third-order valence-corrected chi connectivity index (χ3v) is 4.90. The van der Waals surface area contributed by atoms with Crippen molar-refractivity contribution in [3.05, 3.63) is 64.4 Å². The predicted molar refractivity (Wildman–Crippen MR) is 110 cm³/mol. The predicted octanol–water partition coefficient (Wildman–Crippen LogP) is 6.08. The minimum atomic E-state index is -0.832. The van der Waals surface area contributed by atoms with E-state index < -0.39 is 17.5 Å². The van der Waals surface area contributed by atoms with Crippen molar-refractivity contribution in [2.45, 2.75) is 34.6 Å². The molecule has 3 aromatic rings. The largest absolute Gasteiger partial charge is 0.493 e. The minimum absolute atomic E-state index is 0.0848. The van der Waals surface area contributed by atoms with Crippen LogP contribution in [0.25, 0.3) is 16.5 Å². The summed E-state index contributed by atoms with van der Waals surface area (Å²) in [5, 5.41) is 3.40. The van der Waals surface area contributed by atoms with Crippen LogP contribution < -0.4 is 10.1 Å². The molecule has 0 atom stereocenters. The zero-order valence-corrected chi connectivity index (χ0v) is 17.1. The van der Waals surface area contributed by atoms with Crippen LogP contribution in [0.1, 0.15) is 36.3 Å². The highest BCUT2D eigenvalue weighted by molar-refractivity contribution is 6.05. The molecule has 1 N–H and O–H groups in total. The highest BCUT2D eigenvalue weighted by Crippen LogP contribution is 2.38. The molecule has 1 heterocycles. The Morgan fingerprint density at radius 1 is 1.17 bits per heavy atom. The standard InChI is InChI=1S/C23H23F2NO3/c1-6-28-22-14(4)23-18(13(3)15(5)29-23)11-17(22)12(2)9-21(27)26-20-8-7-16(24)10-19(20)25/h7-11H,6H2,1-5H3,(H,26,27)/b12-9+. The molecule has 0 aliphatic heterocycles. The minimum Gasteiger partial charge on any atom is -0.493 e. The molecule has 0 aliphatic rings. The van der Waals surface area contributed by atoms with E-state index in [9.17, 15) is 13.6 Å². The van der Waals surface area contributed by atoms with Crippen molar-refractivity contribution >= 4 is 28.1 Å². The second-order valence-corrected chi connectivity index (χ2v) is 6.91. The van der Waals surface area contributed by atoms with Crippen molar-refractivity contribution in [3.63, 3.8) is 0 Å². The second kappa shape index (κ2) is 8.07. The molecule has 4 nitrogen and oxygen atoms in total. The zero-order valence-electron chi connectivity index (χ0n) is 17.1. The van der Waals surface area contributed by atoms with Gasteiger partial charge >= 0.3 is 0 Å². The number of ether oxygens (including phenoxy) is 1. The number of benzene rings is 2. The summed E-state index contributed by atoms with van der Waals surface area (Å²) in [6, 6.07) is 4.94. The van der Waals surface area contributed by atoms with Gasteiger partial charge in [0.1, 0.15) is 28.7 Å². The van der Waals surface area contributed by atoms with Gasteiger partial charge in [-0.2, -0.15) is 0 Å². The van der Waals surface area contributed by atoms with Gasteiger partial charge in [-0.3, -0.25) is 4.79 Å². The maximum Gasteiger partial charge on any atom is 0.248 e. The number of fused-ring (bicyclic) bond motifs is 1. The van der Waals surface area contributed by atoms with E-state index in [1.165, 1.54) is 12.1 Å². The first-order valence-electron chi connectivity index (χ1n) is 9.33. The van der Waals surface area contributed by atoms with Gasteiger partial charge in [0.2, 0.25) is 5.91 Å². The van der Waals surface area contributed by atoms with Crippen LogP contribution in [0.3, 0.4) is 0 Å². The topological polar surface area (TPSA) is 51.5 Å². The molecular formula is C23H23F2NO3. The molecule has 0 radical (unpaired) electrons. The summed E-state index contributed by atoms with van der Waals surface area (Å²) in [4.78, 5) is 12.4. The molecular weight excluding hydrogens is 376 g/mol. The van der Waals surface area contributed by atoms with Gasteiger partial charge in [0.25, 0.3) is 0 Å². The molecule has 0 bridgehead atoms. The van der Waals surface area contributed by atoms with Crippen molar-refractivity contribution < 1.29 is 22.7 Å². The van der Waals surface area contributed by atoms with Crippen LogP contribution in [0, 0.1) is 32.4 Å². The van der Waals surface area contributed by atoms with Crippen LogP contribution in [0.2, 0.25) is 0 Å². The maximum absolute atomic E-state index is 13.8. The fraction of sp³-hybridized carbons (Fsp3) is 0.261. The number of amides is 1. The van der Waals surface area contributed by atoms with E-state index in [4.69, 9.17) is 9.15 Å². The summed E-state index contributed by atoms with van der Waals surface area (Å²) < 4.78 is 38.6. The van der Waals surface area contributed by atoms with Gasteiger partial charge in [-0.05, 0) is 64.0 Å². The van der Waals surface area contributed by atoms with Crippen LogP contribution in [0.15, 0.2) is 34.8 Å². The van der Waals surface area contributed by atoms with Crippen LogP contribution in [0.5, 0.6) is 5.75 Å². The van der Waals surface area contributed by atoms with Gasteiger partial charge in [-0.1, -0.05) is 0 Å². The van der Waals surface area contributed by atoms with Crippen molar-refractivity contribution in [2.24, 2.45) is 0 Å². The van der Waals surface area contributed by atoms with Crippen LogP contribution in [-0.4, -0.2) is 12.5 Å². The van der Waals surface area contributed by atoms with Gasteiger partial charge in [-0.25, -0.2) is 8.78 Å². The van der Waals surface area contributed by atoms with E-state index in [1.54, 1.807) is 6.92 Å². The Morgan fingerprint density at radius 3 is 2.55 bits per heavy atom. The second-order valence-electron chi connectivity index (χ2n) is 6.91. The maximum atomic E-state index is 13.8. The lowest BCUT2D eigenvalue weighted by atomic mass is 9.98. The number of rotatable bonds is 5. The number of anilines is 1. The quantitative estimate of drug-likeness (QED) is 0.529. The van der Waals surface area contributed by atoms with Crippen LogP contribution in [0.4, 0.5) is 14.5 Å². The molecule has 29 heavy (non-hydrogen) atoms. The van der Waals surface area contributed by atoms with E-state index in [1.807, 2.05) is 33.8 Å². The normalized spacial score (nSPS) is 11.8. The van der Waals surface area contributed by atoms with Gasteiger partial charge in [-0.15, -0.1) is 0 Å². The number of aryl methyl sites for hydroxylation is 3. The molecule has 0 fully saturated rings. The van der Waals surface area contributed by atoms with Crippen LogP contribution >= 0.6 is 0 Å². The molecule has 0 aliphatic carbocycles. The van der Waals surface area contributed by atoms with Crippen molar-refractivity contribution in [1.82, 2.24) is 0 Å². The van der Waals surface area contributed by atoms with E-state index in [2.05, 4.69) is 5.32 Å². The highest BCUT2D eigenvalue weighted by atomic mass is 19.1. The average molecular weight is 399 g/mol. The van der Waals surface area contributed by atoms with Crippen molar-refractivity contribution in [2.75, 3.05) is 11.9 Å². The van der Waals surface area contributed by atoms with E-state index in [0.717, 1.165) is 45.6 Å². The Balaban J connectivity index is 2.02.